The third-order valence-corrected chi connectivity index (χ3v) is 3.13. The first-order valence-corrected chi connectivity index (χ1v) is 6.44. The molecule has 1 aromatic carbocycles. The van der Waals surface area contributed by atoms with Crippen molar-refractivity contribution in [3.63, 3.8) is 0 Å². The second kappa shape index (κ2) is 5.87. The maximum Gasteiger partial charge on any atom is 0.415 e. The summed E-state index contributed by atoms with van der Waals surface area (Å²) in [6, 6.07) is 7.72. The highest BCUT2D eigenvalue weighted by Gasteiger charge is 2.17. The molecule has 1 aromatic rings. The molecule has 2 rings (SSSR count). The van der Waals surface area contributed by atoms with Gasteiger partial charge in [0.1, 0.15) is 5.75 Å². The molecule has 0 atom stereocenters. The number of hydrogen-bond donors (Lipinski definition) is 1. The number of carbonyl (C=O) groups excluding carboxylic acids is 1. The van der Waals surface area contributed by atoms with Gasteiger partial charge in [0.25, 0.3) is 0 Å². The summed E-state index contributed by atoms with van der Waals surface area (Å²) < 4.78 is 5.35. The van der Waals surface area contributed by atoms with Crippen molar-refractivity contribution in [1.82, 2.24) is 10.2 Å². The van der Waals surface area contributed by atoms with Crippen molar-refractivity contribution >= 4 is 6.09 Å². The largest absolute Gasteiger partial charge is 0.415 e. The fraction of sp³-hybridized carbons (Fsp3) is 0.500. The molecule has 1 saturated heterocycles. The van der Waals surface area contributed by atoms with Crippen molar-refractivity contribution < 1.29 is 9.53 Å². The van der Waals surface area contributed by atoms with E-state index in [1.165, 1.54) is 5.56 Å². The van der Waals surface area contributed by atoms with Crippen LogP contribution in [0.3, 0.4) is 0 Å². The maximum absolute atomic E-state index is 11.9. The molecule has 4 nitrogen and oxygen atoms in total. The van der Waals surface area contributed by atoms with Crippen LogP contribution in [0, 0.1) is 0 Å². The molecular weight excluding hydrogens is 228 g/mol. The van der Waals surface area contributed by atoms with Gasteiger partial charge in [0.15, 0.2) is 0 Å². The highest BCUT2D eigenvalue weighted by Crippen LogP contribution is 2.19. The van der Waals surface area contributed by atoms with E-state index >= 15 is 0 Å². The number of amides is 1. The van der Waals surface area contributed by atoms with Gasteiger partial charge in [0.2, 0.25) is 0 Å². The number of nitrogens with zero attached hydrogens (tertiary/aromatic N) is 1. The Bertz CT molecular complexity index is 395. The molecule has 0 spiro atoms. The van der Waals surface area contributed by atoms with Gasteiger partial charge in [-0.3, -0.25) is 0 Å². The third kappa shape index (κ3) is 3.23. The van der Waals surface area contributed by atoms with Gasteiger partial charge in [-0.05, 0) is 23.6 Å². The average Bonchev–Trinajstić information content (AvgIpc) is 2.40. The number of rotatable bonds is 2. The first-order chi connectivity index (χ1) is 8.66. The Balaban J connectivity index is 1.94. The topological polar surface area (TPSA) is 41.6 Å². The lowest BCUT2D eigenvalue weighted by Crippen LogP contribution is -2.47. The van der Waals surface area contributed by atoms with Crippen molar-refractivity contribution in [1.29, 1.82) is 0 Å². The van der Waals surface area contributed by atoms with Crippen LogP contribution >= 0.6 is 0 Å². The predicted molar refractivity (Wildman–Crippen MR) is 71.0 cm³/mol. The molecule has 4 heteroatoms. The first-order valence-electron chi connectivity index (χ1n) is 6.44. The van der Waals surface area contributed by atoms with E-state index in [1.807, 2.05) is 24.3 Å². The van der Waals surface area contributed by atoms with Crippen LogP contribution in [0.5, 0.6) is 5.75 Å². The zero-order valence-electron chi connectivity index (χ0n) is 11.0. The van der Waals surface area contributed by atoms with Gasteiger partial charge in [0, 0.05) is 26.2 Å². The standard InChI is InChI=1S/C14H20N2O2/c1-11(2)12-3-5-13(6-4-12)18-14(17)16-9-7-15-8-10-16/h3-6,11,15H,7-10H2,1-2H3. The highest BCUT2D eigenvalue weighted by molar-refractivity contribution is 5.70. The lowest BCUT2D eigenvalue weighted by molar-refractivity contribution is 0.146. The summed E-state index contributed by atoms with van der Waals surface area (Å²) in [6.45, 7) is 7.37. The molecule has 1 heterocycles. The molecule has 98 valence electrons. The molecule has 1 aliphatic rings. The van der Waals surface area contributed by atoms with Crippen molar-refractivity contribution in [3.8, 4) is 5.75 Å². The quantitative estimate of drug-likeness (QED) is 0.872. The lowest BCUT2D eigenvalue weighted by Gasteiger charge is -2.26. The summed E-state index contributed by atoms with van der Waals surface area (Å²) >= 11 is 0. The summed E-state index contributed by atoms with van der Waals surface area (Å²) in [5.41, 5.74) is 1.25. The fourth-order valence-corrected chi connectivity index (χ4v) is 1.93. The fourth-order valence-electron chi connectivity index (χ4n) is 1.93. The Hall–Kier alpha value is -1.55. The van der Waals surface area contributed by atoms with E-state index in [1.54, 1.807) is 4.90 Å². The van der Waals surface area contributed by atoms with Crippen LogP contribution in [0.2, 0.25) is 0 Å². The van der Waals surface area contributed by atoms with Crippen LogP contribution in [0.25, 0.3) is 0 Å². The van der Waals surface area contributed by atoms with Crippen molar-refractivity contribution in [3.05, 3.63) is 29.8 Å². The Morgan fingerprint density at radius 2 is 1.83 bits per heavy atom. The van der Waals surface area contributed by atoms with E-state index in [0.29, 0.717) is 24.8 Å². The van der Waals surface area contributed by atoms with E-state index in [9.17, 15) is 4.79 Å². The minimum atomic E-state index is -0.256. The molecule has 0 unspecified atom stereocenters. The normalized spacial score (nSPS) is 15.8. The average molecular weight is 248 g/mol. The Kier molecular flexibility index (Phi) is 4.20. The van der Waals surface area contributed by atoms with Gasteiger partial charge < -0.3 is 15.0 Å². The summed E-state index contributed by atoms with van der Waals surface area (Å²) in [7, 11) is 0. The van der Waals surface area contributed by atoms with Crippen LogP contribution < -0.4 is 10.1 Å². The zero-order valence-corrected chi connectivity index (χ0v) is 11.0. The van der Waals surface area contributed by atoms with Crippen molar-refractivity contribution in [2.45, 2.75) is 19.8 Å². The third-order valence-electron chi connectivity index (χ3n) is 3.13. The van der Waals surface area contributed by atoms with Gasteiger partial charge >= 0.3 is 6.09 Å². The van der Waals surface area contributed by atoms with E-state index in [-0.39, 0.29) is 6.09 Å². The summed E-state index contributed by atoms with van der Waals surface area (Å²) in [5, 5.41) is 3.20. The van der Waals surface area contributed by atoms with Crippen LogP contribution in [-0.2, 0) is 0 Å². The molecule has 1 amide bonds. The minimum absolute atomic E-state index is 0.256. The number of benzene rings is 1. The predicted octanol–water partition coefficient (Wildman–Crippen LogP) is 2.21. The van der Waals surface area contributed by atoms with Crippen LogP contribution in [0.1, 0.15) is 25.3 Å². The van der Waals surface area contributed by atoms with E-state index in [4.69, 9.17) is 4.74 Å². The second-order valence-corrected chi connectivity index (χ2v) is 4.83. The van der Waals surface area contributed by atoms with Gasteiger partial charge in [-0.1, -0.05) is 26.0 Å². The van der Waals surface area contributed by atoms with E-state index in [2.05, 4.69) is 19.2 Å². The highest BCUT2D eigenvalue weighted by atomic mass is 16.6. The van der Waals surface area contributed by atoms with Gasteiger partial charge in [-0.2, -0.15) is 0 Å². The number of ether oxygens (including phenoxy) is 1. The molecule has 1 fully saturated rings. The van der Waals surface area contributed by atoms with Gasteiger partial charge in [-0.25, -0.2) is 4.79 Å². The Morgan fingerprint density at radius 1 is 1.22 bits per heavy atom. The molecule has 0 bridgehead atoms. The summed E-state index contributed by atoms with van der Waals surface area (Å²) in [5.74, 6) is 1.10. The number of carbonyl (C=O) groups is 1. The van der Waals surface area contributed by atoms with Crippen LogP contribution in [0.4, 0.5) is 4.79 Å². The SMILES string of the molecule is CC(C)c1ccc(OC(=O)N2CCNCC2)cc1. The molecule has 1 N–H and O–H groups in total. The van der Waals surface area contributed by atoms with Gasteiger partial charge in [-0.15, -0.1) is 0 Å². The molecule has 0 aromatic heterocycles. The monoisotopic (exact) mass is 248 g/mol. The number of hydrogen-bond acceptors (Lipinski definition) is 3. The van der Waals surface area contributed by atoms with Crippen molar-refractivity contribution in [2.75, 3.05) is 26.2 Å². The molecule has 0 aliphatic carbocycles. The molecule has 0 saturated carbocycles. The lowest BCUT2D eigenvalue weighted by atomic mass is 10.0. The summed E-state index contributed by atoms with van der Waals surface area (Å²) in [6.07, 6.45) is -0.256. The smallest absolute Gasteiger partial charge is 0.410 e. The van der Waals surface area contributed by atoms with Crippen molar-refractivity contribution in [2.24, 2.45) is 0 Å². The number of nitrogens with one attached hydrogen (secondary N) is 1. The van der Waals surface area contributed by atoms with Gasteiger partial charge in [0.05, 0.1) is 0 Å². The minimum Gasteiger partial charge on any atom is -0.410 e. The summed E-state index contributed by atoms with van der Waals surface area (Å²) in [4.78, 5) is 13.6. The maximum atomic E-state index is 11.9. The van der Waals surface area contributed by atoms with Crippen LogP contribution in [-0.4, -0.2) is 37.2 Å². The Morgan fingerprint density at radius 3 is 2.39 bits per heavy atom. The first kappa shape index (κ1) is 12.9. The number of piperazine rings is 1. The van der Waals surface area contributed by atoms with E-state index < -0.39 is 0 Å². The second-order valence-electron chi connectivity index (χ2n) is 4.83. The molecule has 18 heavy (non-hydrogen) atoms. The zero-order chi connectivity index (χ0) is 13.0. The van der Waals surface area contributed by atoms with E-state index in [0.717, 1.165) is 13.1 Å². The molecular formula is C14H20N2O2. The van der Waals surface area contributed by atoms with Crippen LogP contribution in [0.15, 0.2) is 24.3 Å². The molecule has 0 radical (unpaired) electrons. The molecule has 1 aliphatic heterocycles. The Labute approximate surface area is 108 Å².